The third-order valence-corrected chi connectivity index (χ3v) is 5.35. The lowest BCUT2D eigenvalue weighted by Crippen LogP contribution is -2.42. The Labute approximate surface area is 153 Å². The molecule has 1 aromatic carbocycles. The van der Waals surface area contributed by atoms with Crippen molar-refractivity contribution in [1.29, 1.82) is 0 Å². The van der Waals surface area contributed by atoms with Crippen LogP contribution in [0.1, 0.15) is 43.3 Å². The number of nitrogens with zero attached hydrogens (tertiary/aromatic N) is 2. The van der Waals surface area contributed by atoms with E-state index in [-0.39, 0.29) is 11.9 Å². The Balaban J connectivity index is 1.36. The zero-order valence-corrected chi connectivity index (χ0v) is 14.7. The largest absolute Gasteiger partial charge is 0.352 e. The number of aromatic nitrogens is 2. The summed E-state index contributed by atoms with van der Waals surface area (Å²) in [5, 5.41) is 4.31. The van der Waals surface area contributed by atoms with E-state index in [4.69, 9.17) is 5.73 Å². The van der Waals surface area contributed by atoms with Crippen LogP contribution in [-0.2, 0) is 4.79 Å². The highest BCUT2D eigenvalue weighted by Crippen LogP contribution is 2.31. The zero-order valence-electron chi connectivity index (χ0n) is 14.7. The van der Waals surface area contributed by atoms with Gasteiger partial charge in [-0.25, -0.2) is 4.98 Å². The fraction of sp³-hybridized carbons (Fsp3) is 0.333. The van der Waals surface area contributed by atoms with Gasteiger partial charge in [-0.05, 0) is 49.4 Å². The van der Waals surface area contributed by atoms with Crippen molar-refractivity contribution < 1.29 is 4.79 Å². The van der Waals surface area contributed by atoms with Gasteiger partial charge in [0.05, 0.1) is 0 Å². The van der Waals surface area contributed by atoms with Gasteiger partial charge >= 0.3 is 0 Å². The van der Waals surface area contributed by atoms with Crippen LogP contribution in [0.2, 0.25) is 0 Å². The van der Waals surface area contributed by atoms with E-state index in [1.165, 1.54) is 5.39 Å². The third kappa shape index (κ3) is 3.35. The lowest BCUT2D eigenvalue weighted by molar-refractivity contribution is -0.123. The van der Waals surface area contributed by atoms with E-state index in [2.05, 4.69) is 33.2 Å². The molecular formula is C21H24N4O. The molecule has 26 heavy (non-hydrogen) atoms. The first kappa shape index (κ1) is 16.8. The minimum atomic E-state index is -0.605. The second-order valence-corrected chi connectivity index (χ2v) is 7.04. The maximum Gasteiger partial charge on any atom is 0.241 e. The fourth-order valence-electron chi connectivity index (χ4n) is 3.88. The van der Waals surface area contributed by atoms with Crippen molar-refractivity contribution >= 4 is 16.9 Å². The summed E-state index contributed by atoms with van der Waals surface area (Å²) < 4.78 is 2.28. The summed E-state index contributed by atoms with van der Waals surface area (Å²) in [6, 6.07) is 15.7. The molecule has 1 saturated carbocycles. The molecule has 134 valence electrons. The second kappa shape index (κ2) is 7.30. The van der Waals surface area contributed by atoms with Crippen LogP contribution in [0.25, 0.3) is 11.0 Å². The second-order valence-electron chi connectivity index (χ2n) is 7.04. The molecule has 5 nitrogen and oxygen atoms in total. The highest BCUT2D eigenvalue weighted by molar-refractivity contribution is 5.83. The van der Waals surface area contributed by atoms with Gasteiger partial charge in [0.1, 0.15) is 11.7 Å². The molecule has 0 radical (unpaired) electrons. The molecule has 2 aromatic heterocycles. The molecule has 3 aromatic rings. The van der Waals surface area contributed by atoms with Gasteiger partial charge in [-0.1, -0.05) is 30.3 Å². The molecule has 0 unspecified atom stereocenters. The van der Waals surface area contributed by atoms with Crippen LogP contribution in [0.15, 0.2) is 60.9 Å². The van der Waals surface area contributed by atoms with Crippen molar-refractivity contribution in [1.82, 2.24) is 14.9 Å². The van der Waals surface area contributed by atoms with Gasteiger partial charge in [-0.3, -0.25) is 4.79 Å². The Kier molecular flexibility index (Phi) is 4.71. The minimum Gasteiger partial charge on any atom is -0.352 e. The number of amides is 1. The summed E-state index contributed by atoms with van der Waals surface area (Å²) >= 11 is 0. The van der Waals surface area contributed by atoms with E-state index in [1.54, 1.807) is 0 Å². The van der Waals surface area contributed by atoms with Crippen LogP contribution in [0.4, 0.5) is 0 Å². The number of nitrogens with one attached hydrogen (secondary N) is 1. The average molecular weight is 348 g/mol. The van der Waals surface area contributed by atoms with Crippen molar-refractivity contribution in [3.05, 3.63) is 66.5 Å². The van der Waals surface area contributed by atoms with Crippen LogP contribution < -0.4 is 11.1 Å². The first-order valence-electron chi connectivity index (χ1n) is 9.25. The van der Waals surface area contributed by atoms with Gasteiger partial charge in [0.2, 0.25) is 5.91 Å². The fourth-order valence-corrected chi connectivity index (χ4v) is 3.88. The summed E-state index contributed by atoms with van der Waals surface area (Å²) in [5.41, 5.74) is 8.00. The molecular weight excluding hydrogens is 324 g/mol. The zero-order chi connectivity index (χ0) is 17.9. The summed E-state index contributed by atoms with van der Waals surface area (Å²) in [5.74, 6) is -0.0901. The van der Waals surface area contributed by atoms with Crippen LogP contribution in [0, 0.1) is 0 Å². The molecule has 2 heterocycles. The first-order valence-corrected chi connectivity index (χ1v) is 9.25. The molecule has 0 saturated heterocycles. The number of rotatable bonds is 4. The molecule has 0 bridgehead atoms. The predicted octanol–water partition coefficient (Wildman–Crippen LogP) is 3.34. The smallest absolute Gasteiger partial charge is 0.241 e. The Morgan fingerprint density at radius 3 is 2.62 bits per heavy atom. The van der Waals surface area contributed by atoms with Gasteiger partial charge in [0.15, 0.2) is 0 Å². The lowest BCUT2D eigenvalue weighted by Gasteiger charge is -2.31. The number of pyridine rings is 1. The molecule has 1 amide bonds. The molecule has 4 rings (SSSR count). The van der Waals surface area contributed by atoms with E-state index in [9.17, 15) is 4.79 Å². The number of nitrogens with two attached hydrogens (primary N) is 1. The predicted molar refractivity (Wildman–Crippen MR) is 103 cm³/mol. The van der Waals surface area contributed by atoms with Crippen molar-refractivity contribution in [2.45, 2.75) is 43.8 Å². The standard InChI is InChI=1S/C21H24N4O/c22-19(15-5-2-1-3-6-15)21(26)24-17-8-10-18(11-9-17)25-14-12-16-7-4-13-23-20(16)25/h1-7,12-14,17-19H,8-11,22H2,(H,24,26)/t17?,18?,19-/m1/s1. The molecule has 1 atom stereocenters. The summed E-state index contributed by atoms with van der Waals surface area (Å²) in [6.45, 7) is 0. The molecule has 5 heteroatoms. The van der Waals surface area contributed by atoms with Crippen LogP contribution in [0.5, 0.6) is 0 Å². The molecule has 1 fully saturated rings. The van der Waals surface area contributed by atoms with Crippen molar-refractivity contribution in [3.8, 4) is 0 Å². The molecule has 3 N–H and O–H groups in total. The lowest BCUT2D eigenvalue weighted by atomic mass is 9.90. The van der Waals surface area contributed by atoms with E-state index < -0.39 is 6.04 Å². The maximum atomic E-state index is 12.4. The van der Waals surface area contributed by atoms with Gasteiger partial charge in [-0.2, -0.15) is 0 Å². The third-order valence-electron chi connectivity index (χ3n) is 5.35. The Morgan fingerprint density at radius 2 is 1.85 bits per heavy atom. The van der Waals surface area contributed by atoms with Gasteiger partial charge in [-0.15, -0.1) is 0 Å². The van der Waals surface area contributed by atoms with E-state index >= 15 is 0 Å². The average Bonchev–Trinajstić information content (AvgIpc) is 3.13. The number of carbonyl (C=O) groups excluding carboxylic acids is 1. The van der Waals surface area contributed by atoms with Crippen LogP contribution in [0.3, 0.4) is 0 Å². The van der Waals surface area contributed by atoms with Crippen molar-refractivity contribution in [2.75, 3.05) is 0 Å². The van der Waals surface area contributed by atoms with Gasteiger partial charge in [0.25, 0.3) is 0 Å². The normalized spacial score (nSPS) is 21.4. The molecule has 1 aliphatic rings. The highest BCUT2D eigenvalue weighted by atomic mass is 16.2. The van der Waals surface area contributed by atoms with E-state index in [0.717, 1.165) is 36.9 Å². The minimum absolute atomic E-state index is 0.0901. The van der Waals surface area contributed by atoms with Gasteiger partial charge in [0, 0.05) is 29.9 Å². The molecule has 0 aliphatic heterocycles. The van der Waals surface area contributed by atoms with Crippen molar-refractivity contribution in [2.24, 2.45) is 5.73 Å². The van der Waals surface area contributed by atoms with Gasteiger partial charge < -0.3 is 15.6 Å². The van der Waals surface area contributed by atoms with E-state index in [1.807, 2.05) is 42.6 Å². The Morgan fingerprint density at radius 1 is 1.08 bits per heavy atom. The quantitative estimate of drug-likeness (QED) is 0.759. The molecule has 1 aliphatic carbocycles. The number of hydrogen-bond donors (Lipinski definition) is 2. The summed E-state index contributed by atoms with van der Waals surface area (Å²) in [4.78, 5) is 17.0. The monoisotopic (exact) mass is 348 g/mol. The highest BCUT2D eigenvalue weighted by Gasteiger charge is 2.26. The van der Waals surface area contributed by atoms with Crippen molar-refractivity contribution in [3.63, 3.8) is 0 Å². The number of fused-ring (bicyclic) bond motifs is 1. The van der Waals surface area contributed by atoms with Crippen LogP contribution >= 0.6 is 0 Å². The number of hydrogen-bond acceptors (Lipinski definition) is 3. The maximum absolute atomic E-state index is 12.4. The first-order chi connectivity index (χ1) is 12.7. The Hall–Kier alpha value is -2.66. The number of carbonyl (C=O) groups is 1. The number of benzene rings is 1. The van der Waals surface area contributed by atoms with Crippen LogP contribution in [-0.4, -0.2) is 21.5 Å². The summed E-state index contributed by atoms with van der Waals surface area (Å²) in [6.07, 6.45) is 7.97. The topological polar surface area (TPSA) is 72.9 Å². The van der Waals surface area contributed by atoms with E-state index in [0.29, 0.717) is 6.04 Å². The SMILES string of the molecule is N[C@@H](C(=O)NC1CCC(n2ccc3cccnc32)CC1)c1ccccc1. The Bertz CT molecular complexity index is 881. The molecule has 0 spiro atoms. The summed E-state index contributed by atoms with van der Waals surface area (Å²) in [7, 11) is 0.